The van der Waals surface area contributed by atoms with Gasteiger partial charge in [0.2, 0.25) is 0 Å². The Labute approximate surface area is 220 Å². The predicted molar refractivity (Wildman–Crippen MR) is 137 cm³/mol. The summed E-state index contributed by atoms with van der Waals surface area (Å²) >= 11 is 0. The van der Waals surface area contributed by atoms with Gasteiger partial charge in [0, 0.05) is 29.8 Å². The third-order valence-electron chi connectivity index (χ3n) is 7.87. The Hall–Kier alpha value is -2.75. The fourth-order valence-electron chi connectivity index (χ4n) is 5.47. The maximum atomic E-state index is 13.9. The zero-order valence-electron chi connectivity index (χ0n) is 21.5. The molecule has 0 aliphatic carbocycles. The van der Waals surface area contributed by atoms with Crippen LogP contribution >= 0.6 is 0 Å². The van der Waals surface area contributed by atoms with Crippen molar-refractivity contribution in [2.75, 3.05) is 33.4 Å². The van der Waals surface area contributed by atoms with Crippen LogP contribution in [0.15, 0.2) is 36.5 Å². The van der Waals surface area contributed by atoms with Gasteiger partial charge in [-0.05, 0) is 99.0 Å². The van der Waals surface area contributed by atoms with E-state index in [1.807, 2.05) is 0 Å². The van der Waals surface area contributed by atoms with E-state index in [4.69, 9.17) is 4.74 Å². The molecule has 0 spiro atoms. The molecule has 2 heterocycles. The van der Waals surface area contributed by atoms with Crippen LogP contribution in [0.5, 0.6) is 5.75 Å². The molecule has 0 saturated carbocycles. The first-order valence-corrected chi connectivity index (χ1v) is 13.0. The minimum atomic E-state index is -1.18. The number of methoxy groups -OCH3 is 1. The van der Waals surface area contributed by atoms with Gasteiger partial charge >= 0.3 is 0 Å². The molecule has 3 aromatic rings. The molecule has 2 N–H and O–H groups in total. The van der Waals surface area contributed by atoms with Gasteiger partial charge in [0.25, 0.3) is 0 Å². The topological polar surface area (TPSA) is 65.8 Å². The quantitative estimate of drug-likeness (QED) is 0.246. The number of aliphatic hydroxyl groups is 2. The van der Waals surface area contributed by atoms with E-state index in [-0.39, 0.29) is 24.0 Å². The number of hydrogen-bond donors (Lipinski definition) is 2. The molecule has 5 nitrogen and oxygen atoms in total. The van der Waals surface area contributed by atoms with E-state index >= 15 is 0 Å². The van der Waals surface area contributed by atoms with Crippen molar-refractivity contribution in [3.63, 3.8) is 0 Å². The van der Waals surface area contributed by atoms with Crippen molar-refractivity contribution >= 4 is 10.9 Å². The van der Waals surface area contributed by atoms with Gasteiger partial charge < -0.3 is 19.8 Å². The minimum Gasteiger partial charge on any atom is -0.497 e. The standard InChI is InChI=1S/C29H34F4N2O3/c1-38-22-4-5-25-23(15-22)27(20(16-30)17-34-25)26(37)6-7-29(18-36)8-11-35(12-9-29)10-2-3-19-13-21(31)14-24(32)28(19)33/h4-5,13-15,17,26,36-37H,2-3,6-12,16,18H2,1H3/t26-/m0/s1. The number of hydrogen-bond acceptors (Lipinski definition) is 5. The summed E-state index contributed by atoms with van der Waals surface area (Å²) in [6.45, 7) is 1.29. The summed E-state index contributed by atoms with van der Waals surface area (Å²) < 4.78 is 59.9. The number of nitrogens with zero attached hydrogens (tertiary/aromatic N) is 2. The fraction of sp³-hybridized carbons (Fsp3) is 0.483. The highest BCUT2D eigenvalue weighted by atomic mass is 19.2. The molecule has 0 amide bonds. The van der Waals surface area contributed by atoms with Gasteiger partial charge in [-0.25, -0.2) is 17.6 Å². The number of aryl methyl sites for hydroxylation is 1. The van der Waals surface area contributed by atoms with Gasteiger partial charge in [-0.15, -0.1) is 0 Å². The van der Waals surface area contributed by atoms with Gasteiger partial charge in [-0.1, -0.05) is 0 Å². The molecule has 0 bridgehead atoms. The molecule has 4 rings (SSSR count). The maximum Gasteiger partial charge on any atom is 0.162 e. The predicted octanol–water partition coefficient (Wildman–Crippen LogP) is 5.65. The van der Waals surface area contributed by atoms with Crippen molar-refractivity contribution in [3.05, 3.63) is 70.7 Å². The summed E-state index contributed by atoms with van der Waals surface area (Å²) in [7, 11) is 1.54. The number of pyridine rings is 1. The van der Waals surface area contributed by atoms with Crippen LogP contribution in [0.1, 0.15) is 54.9 Å². The molecule has 1 atom stereocenters. The fourth-order valence-corrected chi connectivity index (χ4v) is 5.47. The maximum absolute atomic E-state index is 13.9. The van der Waals surface area contributed by atoms with Crippen LogP contribution < -0.4 is 4.74 Å². The first-order valence-electron chi connectivity index (χ1n) is 13.0. The lowest BCUT2D eigenvalue weighted by Gasteiger charge is -2.41. The number of rotatable bonds is 11. The third-order valence-corrected chi connectivity index (χ3v) is 7.87. The number of aromatic nitrogens is 1. The van der Waals surface area contributed by atoms with E-state index in [1.54, 1.807) is 25.3 Å². The van der Waals surface area contributed by atoms with Gasteiger partial charge in [0.05, 0.1) is 18.7 Å². The Morgan fingerprint density at radius 3 is 2.55 bits per heavy atom. The Balaban J connectivity index is 1.35. The first-order chi connectivity index (χ1) is 18.3. The smallest absolute Gasteiger partial charge is 0.162 e. The number of likely N-dealkylation sites (tertiary alicyclic amines) is 1. The number of alkyl halides is 1. The van der Waals surface area contributed by atoms with Crippen LogP contribution in [-0.4, -0.2) is 53.4 Å². The number of halogens is 4. The number of ether oxygens (including phenoxy) is 1. The highest BCUT2D eigenvalue weighted by Gasteiger charge is 2.34. The summed E-state index contributed by atoms with van der Waals surface area (Å²) in [4.78, 5) is 6.50. The first kappa shape index (κ1) is 28.3. The molecule has 1 saturated heterocycles. The van der Waals surface area contributed by atoms with Crippen molar-refractivity contribution in [2.24, 2.45) is 5.41 Å². The summed E-state index contributed by atoms with van der Waals surface area (Å²) in [6, 6.07) is 6.87. The van der Waals surface area contributed by atoms with Crippen LogP contribution in [-0.2, 0) is 13.1 Å². The Kier molecular flexibility index (Phi) is 9.23. The molecule has 0 radical (unpaired) electrons. The summed E-state index contributed by atoms with van der Waals surface area (Å²) in [5, 5.41) is 22.1. The van der Waals surface area contributed by atoms with E-state index in [1.165, 1.54) is 6.20 Å². The van der Waals surface area contributed by atoms with E-state index in [0.717, 1.165) is 6.07 Å². The van der Waals surface area contributed by atoms with Gasteiger partial charge in [0.15, 0.2) is 11.6 Å². The average Bonchev–Trinajstić information content (AvgIpc) is 2.94. The van der Waals surface area contributed by atoms with Crippen molar-refractivity contribution in [2.45, 2.75) is 51.3 Å². The van der Waals surface area contributed by atoms with Gasteiger partial charge in [-0.3, -0.25) is 4.98 Å². The second kappa shape index (κ2) is 12.4. The van der Waals surface area contributed by atoms with E-state index in [2.05, 4.69) is 9.88 Å². The second-order valence-electron chi connectivity index (χ2n) is 10.2. The monoisotopic (exact) mass is 534 g/mol. The van der Waals surface area contributed by atoms with Crippen molar-refractivity contribution < 1.29 is 32.5 Å². The minimum absolute atomic E-state index is 0.0256. The van der Waals surface area contributed by atoms with Gasteiger partial charge in [-0.2, -0.15) is 0 Å². The number of fused-ring (bicyclic) bond motifs is 1. The number of aliphatic hydroxyl groups excluding tert-OH is 2. The Morgan fingerprint density at radius 1 is 1.11 bits per heavy atom. The van der Waals surface area contributed by atoms with E-state index < -0.39 is 30.2 Å². The number of benzene rings is 2. The van der Waals surface area contributed by atoms with Crippen LogP contribution in [0.4, 0.5) is 17.6 Å². The SMILES string of the molecule is COc1ccc2ncc(CF)c([C@@H](O)CCC3(CO)CCN(CCCc4cc(F)cc(F)c4F)CC3)c2c1. The second-order valence-corrected chi connectivity index (χ2v) is 10.2. The Bertz CT molecular complexity index is 1240. The van der Waals surface area contributed by atoms with Gasteiger partial charge in [0.1, 0.15) is 18.2 Å². The van der Waals surface area contributed by atoms with Crippen LogP contribution in [0.3, 0.4) is 0 Å². The molecular weight excluding hydrogens is 500 g/mol. The lowest BCUT2D eigenvalue weighted by Crippen LogP contribution is -2.42. The summed E-state index contributed by atoms with van der Waals surface area (Å²) in [5.74, 6) is -2.37. The largest absolute Gasteiger partial charge is 0.497 e. The molecule has 1 aliphatic heterocycles. The van der Waals surface area contributed by atoms with Crippen molar-refractivity contribution in [3.8, 4) is 5.75 Å². The highest BCUT2D eigenvalue weighted by Crippen LogP contribution is 2.40. The van der Waals surface area contributed by atoms with Crippen LogP contribution in [0, 0.1) is 22.9 Å². The highest BCUT2D eigenvalue weighted by molar-refractivity contribution is 5.85. The summed E-state index contributed by atoms with van der Waals surface area (Å²) in [5.41, 5.74) is 1.14. The van der Waals surface area contributed by atoms with E-state index in [9.17, 15) is 27.8 Å². The lowest BCUT2D eigenvalue weighted by molar-refractivity contribution is 0.0233. The summed E-state index contributed by atoms with van der Waals surface area (Å²) in [6.07, 6.45) is 3.64. The zero-order chi connectivity index (χ0) is 27.3. The number of piperidine rings is 1. The molecule has 0 unspecified atom stereocenters. The molecule has 1 aromatic heterocycles. The van der Waals surface area contributed by atoms with Crippen molar-refractivity contribution in [1.29, 1.82) is 0 Å². The van der Waals surface area contributed by atoms with Crippen LogP contribution in [0.25, 0.3) is 10.9 Å². The van der Waals surface area contributed by atoms with Crippen LogP contribution in [0.2, 0.25) is 0 Å². The molecule has 2 aromatic carbocycles. The third kappa shape index (κ3) is 6.27. The van der Waals surface area contributed by atoms with E-state index in [0.29, 0.717) is 85.6 Å². The lowest BCUT2D eigenvalue weighted by atomic mass is 9.74. The average molecular weight is 535 g/mol. The molecular formula is C29H34F4N2O3. The molecule has 38 heavy (non-hydrogen) atoms. The molecule has 1 fully saturated rings. The normalized spacial score (nSPS) is 16.6. The Morgan fingerprint density at radius 2 is 1.87 bits per heavy atom. The molecule has 206 valence electrons. The molecule has 1 aliphatic rings. The zero-order valence-corrected chi connectivity index (χ0v) is 21.5. The van der Waals surface area contributed by atoms with Crippen molar-refractivity contribution in [1.82, 2.24) is 9.88 Å². The molecule has 9 heteroatoms.